The minimum Gasteiger partial charge on any atom is -0.382 e. The second-order valence-corrected chi connectivity index (χ2v) is 5.26. The summed E-state index contributed by atoms with van der Waals surface area (Å²) in [5.41, 5.74) is 6.15. The van der Waals surface area contributed by atoms with E-state index in [0.29, 0.717) is 6.61 Å². The van der Waals surface area contributed by atoms with Crippen LogP contribution in [0.1, 0.15) is 41.0 Å². The van der Waals surface area contributed by atoms with E-state index < -0.39 is 0 Å². The molecule has 0 aromatic carbocycles. The first-order valence-corrected chi connectivity index (χ1v) is 5.72. The Kier molecular flexibility index (Phi) is 6.41. The Balaban J connectivity index is 4.38. The molecule has 0 rings (SSSR count). The highest BCUT2D eigenvalue weighted by Gasteiger charge is 2.31. The van der Waals surface area contributed by atoms with E-state index in [9.17, 15) is 0 Å². The van der Waals surface area contributed by atoms with Crippen molar-refractivity contribution in [3.63, 3.8) is 0 Å². The highest BCUT2D eigenvalue weighted by Crippen LogP contribution is 2.26. The first-order chi connectivity index (χ1) is 6.82. The molecule has 3 atom stereocenters. The monoisotopic (exact) mass is 217 g/mol. The summed E-state index contributed by atoms with van der Waals surface area (Å²) in [6.07, 6.45) is 1.10. The highest BCUT2D eigenvalue weighted by molar-refractivity contribution is 4.84. The zero-order valence-electron chi connectivity index (χ0n) is 11.0. The Morgan fingerprint density at radius 3 is 2.13 bits per heavy atom. The fourth-order valence-corrected chi connectivity index (χ4v) is 1.69. The van der Waals surface area contributed by atoms with Crippen LogP contribution in [-0.4, -0.2) is 32.0 Å². The van der Waals surface area contributed by atoms with Crippen molar-refractivity contribution in [2.45, 2.75) is 59.3 Å². The summed E-state index contributed by atoms with van der Waals surface area (Å²) in [5, 5.41) is 0. The molecule has 0 radical (unpaired) electrons. The van der Waals surface area contributed by atoms with Gasteiger partial charge in [-0.15, -0.1) is 0 Å². The Morgan fingerprint density at radius 2 is 1.80 bits per heavy atom. The van der Waals surface area contributed by atoms with Gasteiger partial charge >= 0.3 is 0 Å². The zero-order chi connectivity index (χ0) is 12.1. The molecule has 15 heavy (non-hydrogen) atoms. The average molecular weight is 217 g/mol. The molecule has 0 aliphatic rings. The maximum absolute atomic E-state index is 6.08. The SMILES string of the molecule is CCC(N)C(OC(C)COC)C(C)(C)C. The van der Waals surface area contributed by atoms with Gasteiger partial charge in [-0.1, -0.05) is 27.7 Å². The summed E-state index contributed by atoms with van der Waals surface area (Å²) in [7, 11) is 1.69. The molecule has 0 aromatic heterocycles. The van der Waals surface area contributed by atoms with E-state index in [1.807, 2.05) is 6.92 Å². The lowest BCUT2D eigenvalue weighted by Crippen LogP contribution is -2.47. The van der Waals surface area contributed by atoms with Gasteiger partial charge in [0.2, 0.25) is 0 Å². The zero-order valence-corrected chi connectivity index (χ0v) is 11.0. The lowest BCUT2D eigenvalue weighted by Gasteiger charge is -2.36. The lowest BCUT2D eigenvalue weighted by molar-refractivity contribution is -0.0927. The first kappa shape index (κ1) is 14.9. The van der Waals surface area contributed by atoms with Gasteiger partial charge in [0, 0.05) is 13.2 Å². The van der Waals surface area contributed by atoms with Gasteiger partial charge in [-0.2, -0.15) is 0 Å². The van der Waals surface area contributed by atoms with Gasteiger partial charge in [-0.05, 0) is 18.8 Å². The van der Waals surface area contributed by atoms with Crippen molar-refractivity contribution < 1.29 is 9.47 Å². The second kappa shape index (κ2) is 6.46. The van der Waals surface area contributed by atoms with Crippen molar-refractivity contribution in [3.05, 3.63) is 0 Å². The molecule has 0 aliphatic carbocycles. The summed E-state index contributed by atoms with van der Waals surface area (Å²) in [5.74, 6) is 0. The predicted molar refractivity (Wildman–Crippen MR) is 63.9 cm³/mol. The largest absolute Gasteiger partial charge is 0.382 e. The van der Waals surface area contributed by atoms with Crippen LogP contribution >= 0.6 is 0 Å². The minimum absolute atomic E-state index is 0.0669. The molecule has 0 heterocycles. The molecular formula is C12H27NO2. The number of hydrogen-bond donors (Lipinski definition) is 1. The van der Waals surface area contributed by atoms with E-state index in [1.165, 1.54) is 0 Å². The molecule has 3 unspecified atom stereocenters. The molecule has 92 valence electrons. The Morgan fingerprint density at radius 1 is 1.27 bits per heavy atom. The van der Waals surface area contributed by atoms with Crippen LogP contribution in [0.3, 0.4) is 0 Å². The molecular weight excluding hydrogens is 190 g/mol. The molecule has 2 N–H and O–H groups in total. The Bertz CT molecular complexity index is 165. The van der Waals surface area contributed by atoms with Crippen LogP contribution in [0.5, 0.6) is 0 Å². The molecule has 0 amide bonds. The first-order valence-electron chi connectivity index (χ1n) is 5.72. The topological polar surface area (TPSA) is 44.5 Å². The number of ether oxygens (including phenoxy) is 2. The molecule has 0 aromatic rings. The quantitative estimate of drug-likeness (QED) is 0.741. The van der Waals surface area contributed by atoms with Crippen LogP contribution in [0.15, 0.2) is 0 Å². The van der Waals surface area contributed by atoms with Gasteiger partial charge < -0.3 is 15.2 Å². The van der Waals surface area contributed by atoms with Crippen molar-refractivity contribution in [1.29, 1.82) is 0 Å². The third-order valence-electron chi connectivity index (χ3n) is 2.49. The van der Waals surface area contributed by atoms with E-state index >= 15 is 0 Å². The van der Waals surface area contributed by atoms with Crippen LogP contribution in [0, 0.1) is 5.41 Å². The fourth-order valence-electron chi connectivity index (χ4n) is 1.69. The Labute approximate surface area is 94.3 Å². The lowest BCUT2D eigenvalue weighted by atomic mass is 9.84. The Hall–Kier alpha value is -0.120. The third kappa shape index (κ3) is 5.50. The van der Waals surface area contributed by atoms with E-state index in [4.69, 9.17) is 15.2 Å². The van der Waals surface area contributed by atoms with Gasteiger partial charge in [0.15, 0.2) is 0 Å². The van der Waals surface area contributed by atoms with Crippen LogP contribution in [0.4, 0.5) is 0 Å². The van der Waals surface area contributed by atoms with Crippen molar-refractivity contribution in [2.24, 2.45) is 11.1 Å². The summed E-state index contributed by atoms with van der Waals surface area (Å²) in [4.78, 5) is 0. The van der Waals surface area contributed by atoms with E-state index in [1.54, 1.807) is 7.11 Å². The van der Waals surface area contributed by atoms with Gasteiger partial charge in [0.05, 0.1) is 18.8 Å². The van der Waals surface area contributed by atoms with Crippen LogP contribution in [0.2, 0.25) is 0 Å². The fraction of sp³-hybridized carbons (Fsp3) is 1.00. The highest BCUT2D eigenvalue weighted by atomic mass is 16.5. The van der Waals surface area contributed by atoms with Crippen LogP contribution < -0.4 is 5.73 Å². The maximum atomic E-state index is 6.08. The van der Waals surface area contributed by atoms with Gasteiger partial charge in [-0.25, -0.2) is 0 Å². The summed E-state index contributed by atoms with van der Waals surface area (Å²) in [6, 6.07) is 0.0873. The predicted octanol–water partition coefficient (Wildman–Crippen LogP) is 2.19. The molecule has 0 saturated heterocycles. The number of nitrogens with two attached hydrogens (primary N) is 1. The summed E-state index contributed by atoms with van der Waals surface area (Å²) < 4.78 is 11.0. The summed E-state index contributed by atoms with van der Waals surface area (Å²) >= 11 is 0. The maximum Gasteiger partial charge on any atom is 0.0785 e. The molecule has 0 saturated carbocycles. The average Bonchev–Trinajstić information content (AvgIpc) is 2.12. The standard InChI is InChI=1S/C12H27NO2/c1-7-10(13)11(12(3,4)5)15-9(2)8-14-6/h9-11H,7-8,13H2,1-6H3. The molecule has 0 spiro atoms. The van der Waals surface area contributed by atoms with Crippen molar-refractivity contribution in [3.8, 4) is 0 Å². The molecule has 0 aliphatic heterocycles. The number of methoxy groups -OCH3 is 1. The van der Waals surface area contributed by atoms with E-state index in [2.05, 4.69) is 27.7 Å². The second-order valence-electron chi connectivity index (χ2n) is 5.26. The van der Waals surface area contributed by atoms with Crippen LogP contribution in [-0.2, 0) is 9.47 Å². The van der Waals surface area contributed by atoms with Gasteiger partial charge in [-0.3, -0.25) is 0 Å². The smallest absolute Gasteiger partial charge is 0.0785 e. The van der Waals surface area contributed by atoms with E-state index in [-0.39, 0.29) is 23.7 Å². The van der Waals surface area contributed by atoms with Gasteiger partial charge in [0.1, 0.15) is 0 Å². The summed E-state index contributed by atoms with van der Waals surface area (Å²) in [6.45, 7) is 11.2. The molecule has 3 heteroatoms. The van der Waals surface area contributed by atoms with E-state index in [0.717, 1.165) is 6.42 Å². The van der Waals surface area contributed by atoms with Crippen LogP contribution in [0.25, 0.3) is 0 Å². The molecule has 3 nitrogen and oxygen atoms in total. The normalized spacial score (nSPS) is 18.6. The number of rotatable bonds is 6. The van der Waals surface area contributed by atoms with Gasteiger partial charge in [0.25, 0.3) is 0 Å². The molecule has 0 fully saturated rings. The third-order valence-corrected chi connectivity index (χ3v) is 2.49. The van der Waals surface area contributed by atoms with Crippen molar-refractivity contribution >= 4 is 0 Å². The van der Waals surface area contributed by atoms with Crippen molar-refractivity contribution in [2.75, 3.05) is 13.7 Å². The minimum atomic E-state index is 0.0669. The van der Waals surface area contributed by atoms with Crippen molar-refractivity contribution in [1.82, 2.24) is 0 Å². The molecule has 0 bridgehead atoms. The number of hydrogen-bond acceptors (Lipinski definition) is 3.